The van der Waals surface area contributed by atoms with Gasteiger partial charge >= 0.3 is 0 Å². The van der Waals surface area contributed by atoms with Crippen LogP contribution in [-0.2, 0) is 6.42 Å². The van der Waals surface area contributed by atoms with Crippen LogP contribution in [0.4, 0.5) is 5.95 Å². The Labute approximate surface area is 189 Å². The number of aromatic amines is 1. The number of nitrogens with one attached hydrogen (secondary N) is 2. The van der Waals surface area contributed by atoms with Crippen LogP contribution in [-0.4, -0.2) is 27.4 Å². The first-order valence-electron chi connectivity index (χ1n) is 10.3. The van der Waals surface area contributed by atoms with Gasteiger partial charge in [0.05, 0.1) is 16.4 Å². The molecule has 0 saturated heterocycles. The van der Waals surface area contributed by atoms with Crippen molar-refractivity contribution >= 4 is 23.2 Å². The lowest BCUT2D eigenvalue weighted by molar-refractivity contribution is 0.0953. The van der Waals surface area contributed by atoms with Crippen LogP contribution in [0.3, 0.4) is 0 Å². The van der Waals surface area contributed by atoms with Crippen LogP contribution < -0.4 is 16.6 Å². The van der Waals surface area contributed by atoms with Crippen LogP contribution in [0.25, 0.3) is 22.5 Å². The molecule has 2 heterocycles. The molecule has 2 aromatic carbocycles. The molecule has 162 valence electrons. The first-order chi connectivity index (χ1) is 15.5. The zero-order valence-electron chi connectivity index (χ0n) is 17.6. The van der Waals surface area contributed by atoms with Gasteiger partial charge in [0, 0.05) is 34.2 Å². The minimum atomic E-state index is -0.254. The number of H-pyrrole nitrogens is 1. The summed E-state index contributed by atoms with van der Waals surface area (Å²) in [5.74, 6) is -0.0687. The van der Waals surface area contributed by atoms with E-state index in [1.54, 1.807) is 23.5 Å². The fraction of sp³-hybridized carbons (Fsp3) is 0.167. The molecule has 7 nitrogen and oxygen atoms in total. The molecule has 32 heavy (non-hydrogen) atoms. The predicted octanol–water partition coefficient (Wildman–Crippen LogP) is 3.81. The maximum atomic E-state index is 12.5. The zero-order valence-corrected chi connectivity index (χ0v) is 18.4. The van der Waals surface area contributed by atoms with Gasteiger partial charge in [0.1, 0.15) is 0 Å². The molecule has 0 aliphatic rings. The van der Waals surface area contributed by atoms with Gasteiger partial charge in [-0.2, -0.15) is 0 Å². The number of hydrogen-bond donors (Lipinski definition) is 3. The number of nitrogens with two attached hydrogens (primary N) is 1. The fourth-order valence-electron chi connectivity index (χ4n) is 3.44. The van der Waals surface area contributed by atoms with Gasteiger partial charge in [0.15, 0.2) is 0 Å². The van der Waals surface area contributed by atoms with Crippen molar-refractivity contribution in [2.45, 2.75) is 19.8 Å². The number of anilines is 1. The second-order valence-corrected chi connectivity index (χ2v) is 8.40. The molecule has 4 aromatic rings. The van der Waals surface area contributed by atoms with Crippen LogP contribution in [0.1, 0.15) is 27.3 Å². The van der Waals surface area contributed by atoms with Crippen molar-refractivity contribution in [2.75, 3.05) is 12.3 Å². The van der Waals surface area contributed by atoms with Gasteiger partial charge in [0.2, 0.25) is 5.95 Å². The number of thiazole rings is 1. The number of benzene rings is 2. The topological polar surface area (TPSA) is 114 Å². The average Bonchev–Trinajstić information content (AvgIpc) is 3.24. The maximum absolute atomic E-state index is 12.5. The number of nitrogens with zero attached hydrogens (tertiary/aromatic N) is 2. The van der Waals surface area contributed by atoms with Crippen LogP contribution in [0.15, 0.2) is 64.8 Å². The molecule has 0 radical (unpaired) electrons. The number of nitrogen functional groups attached to an aromatic ring is 1. The molecule has 0 fully saturated rings. The van der Waals surface area contributed by atoms with Crippen LogP contribution in [0, 0.1) is 6.92 Å². The van der Waals surface area contributed by atoms with Gasteiger partial charge in [-0.1, -0.05) is 42.5 Å². The van der Waals surface area contributed by atoms with E-state index < -0.39 is 0 Å². The lowest BCUT2D eigenvalue weighted by atomic mass is 10.0. The van der Waals surface area contributed by atoms with E-state index in [1.807, 2.05) is 54.8 Å². The lowest BCUT2D eigenvalue weighted by Crippen LogP contribution is -2.25. The van der Waals surface area contributed by atoms with E-state index in [9.17, 15) is 9.59 Å². The Morgan fingerprint density at radius 1 is 1.06 bits per heavy atom. The normalized spacial score (nSPS) is 10.8. The SMILES string of the molecule is Cc1nc(-c2ccc(C(=O)NCCCc3c(-c4ccccc4)nc(N)[nH]c3=O)cc2)cs1. The molecule has 1 amide bonds. The van der Waals surface area contributed by atoms with Crippen LogP contribution in [0.2, 0.25) is 0 Å². The van der Waals surface area contributed by atoms with Crippen molar-refractivity contribution < 1.29 is 4.79 Å². The van der Waals surface area contributed by atoms with E-state index in [0.717, 1.165) is 21.8 Å². The summed E-state index contributed by atoms with van der Waals surface area (Å²) in [4.78, 5) is 36.3. The zero-order chi connectivity index (χ0) is 22.5. The Morgan fingerprint density at radius 2 is 1.81 bits per heavy atom. The second kappa shape index (κ2) is 9.57. The summed E-state index contributed by atoms with van der Waals surface area (Å²) in [6.07, 6.45) is 1.06. The molecule has 0 saturated carbocycles. The first kappa shape index (κ1) is 21.5. The summed E-state index contributed by atoms with van der Waals surface area (Å²) in [6, 6.07) is 16.8. The molecule has 0 aliphatic heterocycles. The molecule has 0 aliphatic carbocycles. The third kappa shape index (κ3) is 4.92. The molecule has 0 unspecified atom stereocenters. The van der Waals surface area contributed by atoms with E-state index >= 15 is 0 Å². The third-order valence-corrected chi connectivity index (χ3v) is 5.81. The Morgan fingerprint density at radius 3 is 2.50 bits per heavy atom. The van der Waals surface area contributed by atoms with Crippen molar-refractivity contribution in [3.63, 3.8) is 0 Å². The number of rotatable bonds is 7. The minimum Gasteiger partial charge on any atom is -0.369 e. The number of aromatic nitrogens is 3. The molecule has 2 aromatic heterocycles. The highest BCUT2D eigenvalue weighted by atomic mass is 32.1. The molecule has 0 atom stereocenters. The predicted molar refractivity (Wildman–Crippen MR) is 128 cm³/mol. The smallest absolute Gasteiger partial charge is 0.256 e. The van der Waals surface area contributed by atoms with Gasteiger partial charge < -0.3 is 11.1 Å². The Kier molecular flexibility index (Phi) is 6.42. The average molecular weight is 446 g/mol. The van der Waals surface area contributed by atoms with Crippen molar-refractivity contribution in [1.82, 2.24) is 20.3 Å². The van der Waals surface area contributed by atoms with Crippen molar-refractivity contribution in [1.29, 1.82) is 0 Å². The largest absolute Gasteiger partial charge is 0.369 e. The van der Waals surface area contributed by atoms with Gasteiger partial charge in [0.25, 0.3) is 11.5 Å². The fourth-order valence-corrected chi connectivity index (χ4v) is 4.06. The number of hydrogen-bond acceptors (Lipinski definition) is 6. The van der Waals surface area contributed by atoms with Gasteiger partial charge in [-0.05, 0) is 31.9 Å². The maximum Gasteiger partial charge on any atom is 0.256 e. The summed E-state index contributed by atoms with van der Waals surface area (Å²) in [7, 11) is 0. The highest BCUT2D eigenvalue weighted by molar-refractivity contribution is 7.09. The Hall–Kier alpha value is -3.78. The van der Waals surface area contributed by atoms with Gasteiger partial charge in [-0.15, -0.1) is 11.3 Å². The monoisotopic (exact) mass is 445 g/mol. The van der Waals surface area contributed by atoms with Crippen LogP contribution >= 0.6 is 11.3 Å². The summed E-state index contributed by atoms with van der Waals surface area (Å²) in [6.45, 7) is 2.40. The Bertz CT molecular complexity index is 1280. The van der Waals surface area contributed by atoms with E-state index in [1.165, 1.54) is 0 Å². The van der Waals surface area contributed by atoms with E-state index in [-0.39, 0.29) is 17.4 Å². The van der Waals surface area contributed by atoms with Crippen molar-refractivity contribution in [3.8, 4) is 22.5 Å². The molecule has 0 bridgehead atoms. The summed E-state index contributed by atoms with van der Waals surface area (Å²) < 4.78 is 0. The van der Waals surface area contributed by atoms with Crippen LogP contribution in [0.5, 0.6) is 0 Å². The molecular formula is C24H23N5O2S. The molecule has 0 spiro atoms. The summed E-state index contributed by atoms with van der Waals surface area (Å²) in [5.41, 5.74) is 9.93. The summed E-state index contributed by atoms with van der Waals surface area (Å²) >= 11 is 1.60. The molecule has 8 heteroatoms. The summed E-state index contributed by atoms with van der Waals surface area (Å²) in [5, 5.41) is 5.92. The molecular weight excluding hydrogens is 422 g/mol. The highest BCUT2D eigenvalue weighted by Crippen LogP contribution is 2.22. The molecule has 4 rings (SSSR count). The quantitative estimate of drug-likeness (QED) is 0.374. The number of amides is 1. The van der Waals surface area contributed by atoms with Gasteiger partial charge in [-0.3, -0.25) is 14.6 Å². The van der Waals surface area contributed by atoms with E-state index in [4.69, 9.17) is 5.73 Å². The molecule has 4 N–H and O–H groups in total. The first-order valence-corrected chi connectivity index (χ1v) is 11.1. The highest BCUT2D eigenvalue weighted by Gasteiger charge is 2.13. The number of aryl methyl sites for hydroxylation is 1. The van der Waals surface area contributed by atoms with E-state index in [2.05, 4.69) is 20.3 Å². The lowest BCUT2D eigenvalue weighted by Gasteiger charge is -2.10. The second-order valence-electron chi connectivity index (χ2n) is 7.33. The standard InChI is InChI=1S/C24H23N5O2S/c1-15-27-20(14-32-15)16-9-11-18(12-10-16)22(30)26-13-5-8-19-21(17-6-3-2-4-7-17)28-24(25)29-23(19)31/h2-4,6-7,9-12,14H,5,8,13H2,1H3,(H,26,30)(H3,25,28,29,31). The van der Waals surface area contributed by atoms with Crippen molar-refractivity contribution in [2.24, 2.45) is 0 Å². The van der Waals surface area contributed by atoms with Crippen molar-refractivity contribution in [3.05, 3.63) is 86.5 Å². The van der Waals surface area contributed by atoms with Gasteiger partial charge in [-0.25, -0.2) is 9.97 Å². The van der Waals surface area contributed by atoms with E-state index in [0.29, 0.717) is 36.2 Å². The third-order valence-electron chi connectivity index (χ3n) is 5.03. The Balaban J connectivity index is 1.37. The number of carbonyl (C=O) groups excluding carboxylic acids is 1. The number of carbonyl (C=O) groups is 1. The minimum absolute atomic E-state index is 0.0853.